The number of aromatic nitrogens is 2. The molecule has 0 unspecified atom stereocenters. The van der Waals surface area contributed by atoms with E-state index in [1.165, 1.54) is 4.90 Å². The van der Waals surface area contributed by atoms with Gasteiger partial charge in [-0.1, -0.05) is 6.07 Å². The van der Waals surface area contributed by atoms with Gasteiger partial charge in [-0.3, -0.25) is 4.79 Å². The summed E-state index contributed by atoms with van der Waals surface area (Å²) < 4.78 is 1.63. The molecule has 0 saturated heterocycles. The van der Waals surface area contributed by atoms with Gasteiger partial charge >= 0.3 is 0 Å². The van der Waals surface area contributed by atoms with Crippen molar-refractivity contribution in [3.05, 3.63) is 42.2 Å². The molecule has 0 radical (unpaired) electrons. The van der Waals surface area contributed by atoms with Gasteiger partial charge in [-0.15, -0.1) is 0 Å². The van der Waals surface area contributed by atoms with Crippen LogP contribution in [-0.4, -0.2) is 34.7 Å². The normalized spacial score (nSPS) is 10.2. The summed E-state index contributed by atoms with van der Waals surface area (Å²) in [4.78, 5) is 13.2. The van der Waals surface area contributed by atoms with E-state index < -0.39 is 0 Å². The Labute approximate surface area is 99.5 Å². The molecule has 0 saturated carbocycles. The Morgan fingerprint density at radius 2 is 2.12 bits per heavy atom. The second-order valence-electron chi connectivity index (χ2n) is 3.94. The summed E-state index contributed by atoms with van der Waals surface area (Å²) in [5.41, 5.74) is 7.61. The number of nitrogen functional groups attached to an aromatic ring is 1. The number of hydrogen-bond acceptors (Lipinski definition) is 3. The lowest BCUT2D eigenvalue weighted by atomic mass is 10.3. The summed E-state index contributed by atoms with van der Waals surface area (Å²) in [6.45, 7) is 0. The third-order valence-electron chi connectivity index (χ3n) is 2.35. The maximum absolute atomic E-state index is 11.7. The highest BCUT2D eigenvalue weighted by molar-refractivity contribution is 5.91. The largest absolute Gasteiger partial charge is 0.399 e. The molecule has 1 aromatic carbocycles. The zero-order valence-electron chi connectivity index (χ0n) is 9.79. The highest BCUT2D eigenvalue weighted by Crippen LogP contribution is 2.12. The highest BCUT2D eigenvalue weighted by atomic mass is 16.2. The molecular weight excluding hydrogens is 216 g/mol. The predicted molar refractivity (Wildman–Crippen MR) is 66.0 cm³/mol. The van der Waals surface area contributed by atoms with E-state index in [-0.39, 0.29) is 5.91 Å². The van der Waals surface area contributed by atoms with Crippen LogP contribution in [0.2, 0.25) is 0 Å². The van der Waals surface area contributed by atoms with Crippen LogP contribution in [0, 0.1) is 0 Å². The van der Waals surface area contributed by atoms with Crippen molar-refractivity contribution < 1.29 is 4.79 Å². The molecule has 0 aliphatic rings. The number of benzene rings is 1. The van der Waals surface area contributed by atoms with Crippen LogP contribution in [0.3, 0.4) is 0 Å². The standard InChI is InChI=1S/C12H14N4O/c1-15(2)12(17)11-6-7-16(14-11)10-5-3-4-9(13)8-10/h3-8H,13H2,1-2H3. The number of nitrogens with two attached hydrogens (primary N) is 1. The van der Waals surface area contributed by atoms with Gasteiger partial charge in [-0.25, -0.2) is 4.68 Å². The predicted octanol–water partition coefficient (Wildman–Crippen LogP) is 1.16. The first kappa shape index (κ1) is 11.2. The van der Waals surface area contributed by atoms with Crippen molar-refractivity contribution in [1.29, 1.82) is 0 Å². The molecule has 17 heavy (non-hydrogen) atoms. The third kappa shape index (κ3) is 2.28. The van der Waals surface area contributed by atoms with Crippen molar-refractivity contribution in [2.45, 2.75) is 0 Å². The average molecular weight is 230 g/mol. The molecule has 2 aromatic rings. The van der Waals surface area contributed by atoms with Gasteiger partial charge in [0.15, 0.2) is 5.69 Å². The van der Waals surface area contributed by atoms with E-state index >= 15 is 0 Å². The zero-order chi connectivity index (χ0) is 12.4. The Hall–Kier alpha value is -2.30. The lowest BCUT2D eigenvalue weighted by Gasteiger charge is -2.07. The molecule has 0 bridgehead atoms. The zero-order valence-corrected chi connectivity index (χ0v) is 9.79. The fourth-order valence-electron chi connectivity index (χ4n) is 1.48. The maximum atomic E-state index is 11.7. The van der Waals surface area contributed by atoms with Crippen LogP contribution in [0.15, 0.2) is 36.5 Å². The van der Waals surface area contributed by atoms with Crippen molar-refractivity contribution in [3.8, 4) is 5.69 Å². The number of anilines is 1. The molecule has 0 aliphatic heterocycles. The van der Waals surface area contributed by atoms with Gasteiger partial charge in [0.25, 0.3) is 5.91 Å². The lowest BCUT2D eigenvalue weighted by Crippen LogP contribution is -2.22. The Morgan fingerprint density at radius 3 is 2.76 bits per heavy atom. The second kappa shape index (κ2) is 4.29. The Morgan fingerprint density at radius 1 is 1.35 bits per heavy atom. The van der Waals surface area contributed by atoms with E-state index in [4.69, 9.17) is 5.73 Å². The minimum atomic E-state index is -0.118. The quantitative estimate of drug-likeness (QED) is 0.787. The molecule has 0 atom stereocenters. The number of carbonyl (C=O) groups is 1. The van der Waals surface area contributed by atoms with Crippen LogP contribution in [0.1, 0.15) is 10.5 Å². The van der Waals surface area contributed by atoms with Crippen molar-refractivity contribution in [3.63, 3.8) is 0 Å². The maximum Gasteiger partial charge on any atom is 0.273 e. The highest BCUT2D eigenvalue weighted by Gasteiger charge is 2.11. The van der Waals surface area contributed by atoms with Crippen molar-refractivity contribution in [2.75, 3.05) is 19.8 Å². The van der Waals surface area contributed by atoms with Gasteiger partial charge in [0.2, 0.25) is 0 Å². The molecule has 1 aromatic heterocycles. The summed E-state index contributed by atoms with van der Waals surface area (Å²) in [6.07, 6.45) is 1.74. The molecule has 5 nitrogen and oxygen atoms in total. The third-order valence-corrected chi connectivity index (χ3v) is 2.35. The molecule has 1 amide bonds. The molecule has 5 heteroatoms. The van der Waals surface area contributed by atoms with Gasteiger partial charge in [-0.2, -0.15) is 5.10 Å². The van der Waals surface area contributed by atoms with Gasteiger partial charge in [0, 0.05) is 26.0 Å². The van der Waals surface area contributed by atoms with E-state index in [0.717, 1.165) is 5.69 Å². The van der Waals surface area contributed by atoms with Crippen molar-refractivity contribution >= 4 is 11.6 Å². The van der Waals surface area contributed by atoms with Crippen LogP contribution in [-0.2, 0) is 0 Å². The van der Waals surface area contributed by atoms with Crippen LogP contribution in [0.4, 0.5) is 5.69 Å². The average Bonchev–Trinajstić information content (AvgIpc) is 2.77. The summed E-state index contributed by atoms with van der Waals surface area (Å²) in [7, 11) is 3.39. The van der Waals surface area contributed by atoms with Gasteiger partial charge < -0.3 is 10.6 Å². The number of amides is 1. The topological polar surface area (TPSA) is 64.2 Å². The fraction of sp³-hybridized carbons (Fsp3) is 0.167. The second-order valence-corrected chi connectivity index (χ2v) is 3.94. The van der Waals surface area contributed by atoms with Crippen LogP contribution in [0.25, 0.3) is 5.69 Å². The molecule has 88 valence electrons. The first-order chi connectivity index (χ1) is 8.08. The SMILES string of the molecule is CN(C)C(=O)c1ccn(-c2cccc(N)c2)n1. The summed E-state index contributed by atoms with van der Waals surface area (Å²) in [5.74, 6) is -0.118. The molecule has 1 heterocycles. The molecule has 2 rings (SSSR count). The number of hydrogen-bond donors (Lipinski definition) is 1. The van der Waals surface area contributed by atoms with Crippen LogP contribution < -0.4 is 5.73 Å². The molecule has 0 aliphatic carbocycles. The minimum Gasteiger partial charge on any atom is -0.399 e. The Balaban J connectivity index is 2.33. The van der Waals surface area contributed by atoms with Crippen LogP contribution >= 0.6 is 0 Å². The summed E-state index contributed by atoms with van der Waals surface area (Å²) >= 11 is 0. The van der Waals surface area contributed by atoms with Crippen LogP contribution in [0.5, 0.6) is 0 Å². The molecule has 0 spiro atoms. The van der Waals surface area contributed by atoms with E-state index in [9.17, 15) is 4.79 Å². The molecule has 2 N–H and O–H groups in total. The first-order valence-electron chi connectivity index (χ1n) is 5.21. The fourth-order valence-corrected chi connectivity index (χ4v) is 1.48. The Kier molecular flexibility index (Phi) is 2.82. The van der Waals surface area contributed by atoms with Crippen molar-refractivity contribution in [1.82, 2.24) is 14.7 Å². The summed E-state index contributed by atoms with van der Waals surface area (Å²) in [5, 5.41) is 4.21. The summed E-state index contributed by atoms with van der Waals surface area (Å²) in [6, 6.07) is 9.02. The van der Waals surface area contributed by atoms with Crippen molar-refractivity contribution in [2.24, 2.45) is 0 Å². The van der Waals surface area contributed by atoms with E-state index in [0.29, 0.717) is 11.4 Å². The number of carbonyl (C=O) groups excluding carboxylic acids is 1. The van der Waals surface area contributed by atoms with Gasteiger partial charge in [-0.05, 0) is 24.3 Å². The van der Waals surface area contributed by atoms with Gasteiger partial charge in [0.1, 0.15) is 0 Å². The molecular formula is C12H14N4O. The van der Waals surface area contributed by atoms with E-state index in [1.54, 1.807) is 43.2 Å². The number of rotatable bonds is 2. The lowest BCUT2D eigenvalue weighted by molar-refractivity contribution is 0.0821. The van der Waals surface area contributed by atoms with E-state index in [1.807, 2.05) is 12.1 Å². The smallest absolute Gasteiger partial charge is 0.273 e. The Bertz CT molecular complexity index is 545. The van der Waals surface area contributed by atoms with Gasteiger partial charge in [0.05, 0.1) is 5.69 Å². The number of nitrogens with zero attached hydrogens (tertiary/aromatic N) is 3. The molecule has 0 fully saturated rings. The van der Waals surface area contributed by atoms with E-state index in [2.05, 4.69) is 5.10 Å². The first-order valence-corrected chi connectivity index (χ1v) is 5.21. The monoisotopic (exact) mass is 230 g/mol. The minimum absolute atomic E-state index is 0.118.